The van der Waals surface area contributed by atoms with Crippen molar-refractivity contribution in [3.8, 4) is 11.5 Å². The average molecular weight is 471 g/mol. The van der Waals surface area contributed by atoms with Crippen LogP contribution in [0.3, 0.4) is 0 Å². The van der Waals surface area contributed by atoms with Gasteiger partial charge in [0.25, 0.3) is 0 Å². The van der Waals surface area contributed by atoms with Crippen LogP contribution in [0.15, 0.2) is 51.8 Å². The number of ether oxygens (including phenoxy) is 3. The van der Waals surface area contributed by atoms with Crippen LogP contribution in [0.2, 0.25) is 0 Å². The molecule has 0 fully saturated rings. The summed E-state index contributed by atoms with van der Waals surface area (Å²) in [5, 5.41) is 8.91. The number of carbonyl (C=O) groups is 1. The van der Waals surface area contributed by atoms with Gasteiger partial charge in [0, 0.05) is 6.07 Å². The highest BCUT2D eigenvalue weighted by atomic mass is 32.2. The van der Waals surface area contributed by atoms with Crippen molar-refractivity contribution in [3.63, 3.8) is 0 Å². The third-order valence-corrected chi connectivity index (χ3v) is 6.68. The van der Waals surface area contributed by atoms with Crippen molar-refractivity contribution in [1.82, 2.24) is 20.0 Å². The van der Waals surface area contributed by atoms with Crippen LogP contribution in [-0.4, -0.2) is 46.3 Å². The van der Waals surface area contributed by atoms with E-state index >= 15 is 0 Å². The molecule has 8 nitrogen and oxygen atoms in total. The van der Waals surface area contributed by atoms with Crippen molar-refractivity contribution in [2.45, 2.75) is 29.8 Å². The molecule has 2 aromatic heterocycles. The van der Waals surface area contributed by atoms with Gasteiger partial charge < -0.3 is 14.2 Å². The number of hydrogen-bond donors (Lipinski definition) is 0. The second kappa shape index (κ2) is 10.0. The largest absolute Gasteiger partial charge is 0.497 e. The molecule has 0 saturated carbocycles. The van der Waals surface area contributed by atoms with E-state index in [4.69, 9.17) is 19.2 Å². The number of carbonyl (C=O) groups excluding carboxylic acids is 1. The molecule has 0 spiro atoms. The van der Waals surface area contributed by atoms with E-state index in [0.29, 0.717) is 18.2 Å². The van der Waals surface area contributed by atoms with Gasteiger partial charge >= 0.3 is 5.97 Å². The minimum absolute atomic E-state index is 0.180. The molecule has 0 radical (unpaired) electrons. The molecule has 0 bridgehead atoms. The number of nitrogens with zero attached hydrogens (tertiary/aromatic N) is 4. The first-order chi connectivity index (χ1) is 15.6. The number of methoxy groups -OCH3 is 1. The van der Waals surface area contributed by atoms with Crippen LogP contribution < -0.4 is 9.47 Å². The molecular weight excluding hydrogens is 448 g/mol. The van der Waals surface area contributed by atoms with Gasteiger partial charge in [0.15, 0.2) is 4.34 Å². The molecule has 166 valence electrons. The Labute approximate surface area is 193 Å². The Morgan fingerprint density at radius 1 is 1.09 bits per heavy atom. The zero-order valence-electron chi connectivity index (χ0n) is 17.9. The zero-order chi connectivity index (χ0) is 22.5. The molecule has 2 aromatic carbocycles. The van der Waals surface area contributed by atoms with Crippen molar-refractivity contribution in [2.75, 3.05) is 20.3 Å². The Kier molecular flexibility index (Phi) is 6.91. The van der Waals surface area contributed by atoms with Crippen LogP contribution >= 0.6 is 23.1 Å². The maximum Gasteiger partial charge on any atom is 0.361 e. The lowest BCUT2D eigenvalue weighted by Crippen LogP contribution is -2.08. The minimum Gasteiger partial charge on any atom is -0.497 e. The van der Waals surface area contributed by atoms with Crippen LogP contribution in [-0.2, 0) is 11.3 Å². The van der Waals surface area contributed by atoms with Crippen molar-refractivity contribution in [3.05, 3.63) is 53.7 Å². The summed E-state index contributed by atoms with van der Waals surface area (Å²) in [5.74, 6) is 1.05. The standard InChI is InChI=1S/C22H22N4O4S2/c1-4-29-16-10-11-18-17(12-16)23-22(31-18)32-20-19(21(27)30-5-2)24-25-26(20)13-14-6-8-15(28-3)9-7-14/h6-12H,4-5,13H2,1-3H3. The van der Waals surface area contributed by atoms with Crippen molar-refractivity contribution in [2.24, 2.45) is 0 Å². The molecule has 10 heteroatoms. The lowest BCUT2D eigenvalue weighted by molar-refractivity contribution is 0.0515. The van der Waals surface area contributed by atoms with Crippen LogP contribution in [0.5, 0.6) is 11.5 Å². The Hall–Kier alpha value is -3.11. The number of aromatic nitrogens is 4. The van der Waals surface area contributed by atoms with E-state index in [2.05, 4.69) is 10.3 Å². The van der Waals surface area contributed by atoms with Gasteiger partial charge in [-0.2, -0.15) is 0 Å². The fourth-order valence-corrected chi connectivity index (χ4v) is 5.10. The quantitative estimate of drug-likeness (QED) is 0.326. The van der Waals surface area contributed by atoms with Gasteiger partial charge in [-0.05, 0) is 55.4 Å². The van der Waals surface area contributed by atoms with E-state index in [1.54, 1.807) is 18.7 Å². The molecule has 2 heterocycles. The van der Waals surface area contributed by atoms with E-state index in [1.165, 1.54) is 23.1 Å². The number of benzene rings is 2. The molecule has 0 atom stereocenters. The number of esters is 1. The molecular formula is C22H22N4O4S2. The number of fused-ring (bicyclic) bond motifs is 1. The number of hydrogen-bond acceptors (Lipinski definition) is 9. The van der Waals surface area contributed by atoms with Crippen molar-refractivity contribution < 1.29 is 19.0 Å². The third-order valence-electron chi connectivity index (χ3n) is 4.48. The van der Waals surface area contributed by atoms with Crippen molar-refractivity contribution >= 4 is 39.3 Å². The predicted octanol–water partition coefficient (Wildman–Crippen LogP) is 4.67. The van der Waals surface area contributed by atoms with Crippen LogP contribution in [0.4, 0.5) is 0 Å². The minimum atomic E-state index is -0.504. The van der Waals surface area contributed by atoms with E-state index < -0.39 is 5.97 Å². The molecule has 0 aliphatic heterocycles. The number of rotatable bonds is 9. The Bertz CT molecular complexity index is 1220. The second-order valence-corrected chi connectivity index (χ2v) is 8.88. The van der Waals surface area contributed by atoms with Gasteiger partial charge in [0.2, 0.25) is 5.69 Å². The van der Waals surface area contributed by atoms with Gasteiger partial charge in [-0.15, -0.1) is 16.4 Å². The molecule has 0 unspecified atom stereocenters. The zero-order valence-corrected chi connectivity index (χ0v) is 19.5. The highest BCUT2D eigenvalue weighted by molar-refractivity contribution is 8.01. The van der Waals surface area contributed by atoms with Gasteiger partial charge in [0.1, 0.15) is 16.5 Å². The molecule has 0 N–H and O–H groups in total. The average Bonchev–Trinajstić information content (AvgIpc) is 3.38. The summed E-state index contributed by atoms with van der Waals surface area (Å²) in [6.07, 6.45) is 0. The summed E-state index contributed by atoms with van der Waals surface area (Å²) in [7, 11) is 1.63. The SMILES string of the molecule is CCOC(=O)c1nnn(Cc2ccc(OC)cc2)c1Sc1nc2cc(OCC)ccc2s1. The van der Waals surface area contributed by atoms with Crippen LogP contribution in [0.1, 0.15) is 29.9 Å². The molecule has 0 aliphatic carbocycles. The maximum atomic E-state index is 12.5. The number of thiazole rings is 1. The van der Waals surface area contributed by atoms with Gasteiger partial charge in [-0.3, -0.25) is 0 Å². The molecule has 4 rings (SSSR count). The predicted molar refractivity (Wildman–Crippen MR) is 123 cm³/mol. The topological polar surface area (TPSA) is 88.4 Å². The van der Waals surface area contributed by atoms with E-state index in [-0.39, 0.29) is 12.3 Å². The van der Waals surface area contributed by atoms with Gasteiger partial charge in [-0.1, -0.05) is 17.3 Å². The summed E-state index contributed by atoms with van der Waals surface area (Å²) in [4.78, 5) is 17.2. The third kappa shape index (κ3) is 4.86. The summed E-state index contributed by atoms with van der Waals surface area (Å²) < 4.78 is 19.5. The summed E-state index contributed by atoms with van der Waals surface area (Å²) in [5.41, 5.74) is 2.02. The summed E-state index contributed by atoms with van der Waals surface area (Å²) >= 11 is 2.89. The van der Waals surface area contributed by atoms with E-state index in [9.17, 15) is 4.79 Å². The van der Waals surface area contributed by atoms with Crippen LogP contribution in [0, 0.1) is 0 Å². The Morgan fingerprint density at radius 3 is 2.59 bits per heavy atom. The normalized spacial score (nSPS) is 11.0. The molecule has 0 aliphatic rings. The molecule has 4 aromatic rings. The van der Waals surface area contributed by atoms with Crippen molar-refractivity contribution in [1.29, 1.82) is 0 Å². The summed E-state index contributed by atoms with van der Waals surface area (Å²) in [6.45, 7) is 5.00. The summed E-state index contributed by atoms with van der Waals surface area (Å²) in [6, 6.07) is 13.5. The monoisotopic (exact) mass is 470 g/mol. The van der Waals surface area contributed by atoms with Gasteiger partial charge in [0.05, 0.1) is 37.1 Å². The molecule has 0 saturated heterocycles. The van der Waals surface area contributed by atoms with Gasteiger partial charge in [-0.25, -0.2) is 14.5 Å². The second-order valence-electron chi connectivity index (χ2n) is 6.61. The van der Waals surface area contributed by atoms with Crippen LogP contribution in [0.25, 0.3) is 10.2 Å². The first-order valence-corrected chi connectivity index (χ1v) is 11.7. The smallest absolute Gasteiger partial charge is 0.361 e. The lowest BCUT2D eigenvalue weighted by Gasteiger charge is -2.07. The Morgan fingerprint density at radius 2 is 1.88 bits per heavy atom. The highest BCUT2D eigenvalue weighted by Crippen LogP contribution is 2.37. The first-order valence-electron chi connectivity index (χ1n) is 10.1. The Balaban J connectivity index is 1.66. The lowest BCUT2D eigenvalue weighted by atomic mass is 10.2. The first kappa shape index (κ1) is 22.1. The van der Waals surface area contributed by atoms with E-state index in [0.717, 1.165) is 31.6 Å². The molecule has 0 amide bonds. The highest BCUT2D eigenvalue weighted by Gasteiger charge is 2.23. The fraction of sp³-hybridized carbons (Fsp3) is 0.273. The maximum absolute atomic E-state index is 12.5. The molecule has 32 heavy (non-hydrogen) atoms. The fourth-order valence-electron chi connectivity index (χ4n) is 3.01. The van der Waals surface area contributed by atoms with E-state index in [1.807, 2.05) is 49.4 Å².